The molecule has 5 nitrogen and oxygen atoms in total. The number of piperidine rings is 1. The molecular weight excluding hydrogens is 299 g/mol. The summed E-state index contributed by atoms with van der Waals surface area (Å²) in [6, 6.07) is 5.08. The third-order valence-electron chi connectivity index (χ3n) is 4.74. The average Bonchev–Trinajstić information content (AvgIpc) is 2.84. The Hall–Kier alpha value is -1.79. The van der Waals surface area contributed by atoms with Gasteiger partial charge in [0, 0.05) is 12.6 Å². The highest BCUT2D eigenvalue weighted by molar-refractivity contribution is 6.22. The monoisotopic (exact) mass is 320 g/mol. The van der Waals surface area contributed by atoms with Gasteiger partial charge in [0.05, 0.1) is 18.2 Å². The van der Waals surface area contributed by atoms with E-state index >= 15 is 0 Å². The van der Waals surface area contributed by atoms with Crippen LogP contribution in [-0.4, -0.2) is 47.1 Å². The number of aliphatic hydroxyl groups excluding tert-OH is 1. The minimum Gasteiger partial charge on any atom is -0.396 e. The zero-order valence-electron chi connectivity index (χ0n) is 12.9. The topological polar surface area (TPSA) is 60.9 Å². The van der Waals surface area contributed by atoms with Crippen molar-refractivity contribution in [3.05, 3.63) is 30.1 Å². The summed E-state index contributed by atoms with van der Waals surface area (Å²) in [7, 11) is 0. The Morgan fingerprint density at radius 2 is 1.91 bits per heavy atom. The number of anilines is 1. The zero-order chi connectivity index (χ0) is 16.4. The molecule has 2 atom stereocenters. The molecule has 1 N–H and O–H groups in total. The minimum atomic E-state index is -0.468. The van der Waals surface area contributed by atoms with Gasteiger partial charge >= 0.3 is 0 Å². The molecule has 0 aliphatic carbocycles. The molecule has 2 heterocycles. The van der Waals surface area contributed by atoms with E-state index in [0.29, 0.717) is 12.1 Å². The van der Waals surface area contributed by atoms with Gasteiger partial charge < -0.3 is 5.11 Å². The molecule has 2 amide bonds. The maximum atomic E-state index is 13.1. The van der Waals surface area contributed by atoms with Crippen LogP contribution in [0, 0.1) is 5.82 Å². The SMILES string of the molecule is O=C1C[C@@H](N2CCCC[C@H]2CCO)C(=O)N1c1ccc(F)cc1. The minimum absolute atomic E-state index is 0.0811. The summed E-state index contributed by atoms with van der Waals surface area (Å²) < 4.78 is 13.1. The van der Waals surface area contributed by atoms with Gasteiger partial charge in [-0.2, -0.15) is 0 Å². The predicted octanol–water partition coefficient (Wildman–Crippen LogP) is 1.69. The maximum absolute atomic E-state index is 13.1. The second kappa shape index (κ2) is 6.76. The Morgan fingerprint density at radius 1 is 1.17 bits per heavy atom. The van der Waals surface area contributed by atoms with Gasteiger partial charge in [0.1, 0.15) is 5.82 Å². The predicted molar refractivity (Wildman–Crippen MR) is 83.3 cm³/mol. The summed E-state index contributed by atoms with van der Waals surface area (Å²) in [6.07, 6.45) is 3.79. The van der Waals surface area contributed by atoms with Crippen molar-refractivity contribution in [1.29, 1.82) is 0 Å². The first-order valence-corrected chi connectivity index (χ1v) is 8.11. The van der Waals surface area contributed by atoms with Gasteiger partial charge in [-0.1, -0.05) is 6.42 Å². The molecule has 3 rings (SSSR count). The van der Waals surface area contributed by atoms with E-state index in [2.05, 4.69) is 4.90 Å². The number of nitrogens with zero attached hydrogens (tertiary/aromatic N) is 2. The van der Waals surface area contributed by atoms with Gasteiger partial charge in [-0.15, -0.1) is 0 Å². The fraction of sp³-hybridized carbons (Fsp3) is 0.529. The fourth-order valence-corrected chi connectivity index (χ4v) is 3.63. The third kappa shape index (κ3) is 3.14. The molecule has 2 saturated heterocycles. The summed E-state index contributed by atoms with van der Waals surface area (Å²) in [5.41, 5.74) is 0.416. The van der Waals surface area contributed by atoms with Crippen LogP contribution in [0.2, 0.25) is 0 Å². The lowest BCUT2D eigenvalue weighted by Gasteiger charge is -2.38. The highest BCUT2D eigenvalue weighted by atomic mass is 19.1. The van der Waals surface area contributed by atoms with E-state index in [1.807, 2.05) is 0 Å². The lowest BCUT2D eigenvalue weighted by Crippen LogP contribution is -2.50. The second-order valence-corrected chi connectivity index (χ2v) is 6.16. The smallest absolute Gasteiger partial charge is 0.251 e. The van der Waals surface area contributed by atoms with E-state index in [-0.39, 0.29) is 30.9 Å². The number of hydrogen-bond donors (Lipinski definition) is 1. The van der Waals surface area contributed by atoms with Crippen LogP contribution in [0.1, 0.15) is 32.1 Å². The molecule has 0 bridgehead atoms. The second-order valence-electron chi connectivity index (χ2n) is 6.16. The lowest BCUT2D eigenvalue weighted by atomic mass is 9.97. The van der Waals surface area contributed by atoms with Gasteiger partial charge in [-0.3, -0.25) is 14.5 Å². The van der Waals surface area contributed by atoms with E-state index in [0.717, 1.165) is 30.7 Å². The van der Waals surface area contributed by atoms with Crippen LogP contribution in [0.5, 0.6) is 0 Å². The van der Waals surface area contributed by atoms with Crippen LogP contribution in [0.4, 0.5) is 10.1 Å². The number of rotatable bonds is 4. The molecule has 1 aromatic rings. The van der Waals surface area contributed by atoms with Gasteiger partial charge in [0.2, 0.25) is 5.91 Å². The van der Waals surface area contributed by atoms with Crippen LogP contribution >= 0.6 is 0 Å². The zero-order valence-corrected chi connectivity index (χ0v) is 12.9. The van der Waals surface area contributed by atoms with Crippen LogP contribution < -0.4 is 4.90 Å². The van der Waals surface area contributed by atoms with Crippen molar-refractivity contribution in [3.63, 3.8) is 0 Å². The number of carbonyl (C=O) groups is 2. The number of amides is 2. The van der Waals surface area contributed by atoms with Crippen LogP contribution in [0.3, 0.4) is 0 Å². The average molecular weight is 320 g/mol. The van der Waals surface area contributed by atoms with Crippen LogP contribution in [0.25, 0.3) is 0 Å². The largest absolute Gasteiger partial charge is 0.396 e. The fourth-order valence-electron chi connectivity index (χ4n) is 3.63. The summed E-state index contributed by atoms with van der Waals surface area (Å²) in [6.45, 7) is 0.851. The molecule has 6 heteroatoms. The molecular formula is C17H21FN2O3. The Labute approximate surface area is 134 Å². The van der Waals surface area contributed by atoms with E-state index in [9.17, 15) is 19.1 Å². The quantitative estimate of drug-likeness (QED) is 0.858. The first-order chi connectivity index (χ1) is 11.1. The highest BCUT2D eigenvalue weighted by Gasteiger charge is 2.44. The first-order valence-electron chi connectivity index (χ1n) is 8.11. The molecule has 0 unspecified atom stereocenters. The molecule has 2 aliphatic heterocycles. The highest BCUT2D eigenvalue weighted by Crippen LogP contribution is 2.30. The third-order valence-corrected chi connectivity index (χ3v) is 4.74. The number of carbonyl (C=O) groups excluding carboxylic acids is 2. The maximum Gasteiger partial charge on any atom is 0.251 e. The summed E-state index contributed by atoms with van der Waals surface area (Å²) >= 11 is 0. The van der Waals surface area contributed by atoms with Crippen molar-refractivity contribution in [2.75, 3.05) is 18.1 Å². The van der Waals surface area contributed by atoms with Crippen molar-refractivity contribution < 1.29 is 19.1 Å². The van der Waals surface area contributed by atoms with Gasteiger partial charge in [0.15, 0.2) is 0 Å². The molecule has 0 spiro atoms. The van der Waals surface area contributed by atoms with Crippen molar-refractivity contribution in [2.45, 2.75) is 44.2 Å². The van der Waals surface area contributed by atoms with E-state index in [1.54, 1.807) is 0 Å². The number of benzene rings is 1. The Kier molecular flexibility index (Phi) is 4.73. The molecule has 0 aromatic heterocycles. The van der Waals surface area contributed by atoms with Crippen LogP contribution in [0.15, 0.2) is 24.3 Å². The molecule has 23 heavy (non-hydrogen) atoms. The van der Waals surface area contributed by atoms with Crippen molar-refractivity contribution in [3.8, 4) is 0 Å². The molecule has 124 valence electrons. The lowest BCUT2D eigenvalue weighted by molar-refractivity contribution is -0.123. The van der Waals surface area contributed by atoms with E-state index in [4.69, 9.17) is 0 Å². The van der Waals surface area contributed by atoms with E-state index in [1.165, 1.54) is 24.3 Å². The first kappa shape index (κ1) is 16.1. The molecule has 2 fully saturated rings. The summed E-state index contributed by atoms with van der Waals surface area (Å²) in [5, 5.41) is 9.23. The number of imide groups is 1. The van der Waals surface area contributed by atoms with Crippen molar-refractivity contribution >= 4 is 17.5 Å². The normalized spacial score (nSPS) is 26.1. The summed E-state index contributed by atoms with van der Waals surface area (Å²) in [4.78, 5) is 28.3. The molecule has 1 aromatic carbocycles. The Morgan fingerprint density at radius 3 is 2.61 bits per heavy atom. The summed E-state index contributed by atoms with van der Waals surface area (Å²) in [5.74, 6) is -0.894. The Bertz CT molecular complexity index is 588. The number of hydrogen-bond acceptors (Lipinski definition) is 4. The van der Waals surface area contributed by atoms with Gasteiger partial charge in [-0.05, 0) is 50.1 Å². The number of aliphatic hydroxyl groups is 1. The Balaban J connectivity index is 1.81. The van der Waals surface area contributed by atoms with Crippen LogP contribution in [-0.2, 0) is 9.59 Å². The molecule has 0 saturated carbocycles. The van der Waals surface area contributed by atoms with Crippen molar-refractivity contribution in [2.24, 2.45) is 0 Å². The van der Waals surface area contributed by atoms with Gasteiger partial charge in [0.25, 0.3) is 5.91 Å². The number of halogens is 1. The molecule has 0 radical (unpaired) electrons. The van der Waals surface area contributed by atoms with E-state index < -0.39 is 11.9 Å². The molecule has 2 aliphatic rings. The standard InChI is InChI=1S/C17H21FN2O3/c18-12-4-6-14(7-5-12)20-16(22)11-15(17(20)23)19-9-2-1-3-13(19)8-10-21/h4-7,13,15,21H,1-3,8-11H2/t13-,15+/m0/s1. The van der Waals surface area contributed by atoms with Crippen molar-refractivity contribution in [1.82, 2.24) is 4.90 Å². The number of likely N-dealkylation sites (tertiary alicyclic amines) is 1. The van der Waals surface area contributed by atoms with Gasteiger partial charge in [-0.25, -0.2) is 9.29 Å².